The summed E-state index contributed by atoms with van der Waals surface area (Å²) in [6, 6.07) is 8.20. The molecule has 0 heterocycles. The van der Waals surface area contributed by atoms with Gasteiger partial charge in [0.2, 0.25) is 0 Å². The second kappa shape index (κ2) is 7.90. The third kappa shape index (κ3) is 3.41. The SMILES string of the molecule is CN(C)c1ccc(C(=O)NC2CCC3C4CC=C5C[C@H](O)CCC5(C)C4CCC23C)cc1. The van der Waals surface area contributed by atoms with Gasteiger partial charge in [0, 0.05) is 31.4 Å². The molecule has 3 fully saturated rings. The van der Waals surface area contributed by atoms with Crippen LogP contribution in [0.5, 0.6) is 0 Å². The summed E-state index contributed by atoms with van der Waals surface area (Å²) in [7, 11) is 4.04. The number of carbonyl (C=O) groups excluding carboxylic acids is 1. The highest BCUT2D eigenvalue weighted by Crippen LogP contribution is 2.64. The summed E-state index contributed by atoms with van der Waals surface area (Å²) in [5, 5.41) is 13.7. The van der Waals surface area contributed by atoms with E-state index < -0.39 is 0 Å². The number of nitrogens with zero attached hydrogens (tertiary/aromatic N) is 1. The number of allylic oxidation sites excluding steroid dienone is 1. The van der Waals surface area contributed by atoms with Crippen molar-refractivity contribution < 1.29 is 9.90 Å². The van der Waals surface area contributed by atoms with Crippen LogP contribution in [0.4, 0.5) is 5.69 Å². The van der Waals surface area contributed by atoms with Gasteiger partial charge >= 0.3 is 0 Å². The summed E-state index contributed by atoms with van der Waals surface area (Å²) < 4.78 is 0. The standard InChI is InChI=1S/C28H40N2O2/c1-27-15-13-21(31)17-19(27)7-10-22-23-11-12-25(28(23,2)16-14-24(22)27)29-26(32)18-5-8-20(9-6-18)30(3)4/h5-9,21-25,31H,10-17H2,1-4H3,(H,29,32)/t21-,22?,23?,24?,25?,27?,28?/m1/s1. The molecule has 7 atom stereocenters. The fourth-order valence-electron chi connectivity index (χ4n) is 8.03. The lowest BCUT2D eigenvalue weighted by molar-refractivity contribution is -0.0426. The highest BCUT2D eigenvalue weighted by molar-refractivity contribution is 5.94. The molecule has 1 aromatic carbocycles. The van der Waals surface area contributed by atoms with E-state index in [1.54, 1.807) is 0 Å². The van der Waals surface area contributed by atoms with E-state index in [1.165, 1.54) is 24.8 Å². The van der Waals surface area contributed by atoms with Gasteiger partial charge in [-0.3, -0.25) is 4.79 Å². The van der Waals surface area contributed by atoms with Crippen molar-refractivity contribution >= 4 is 11.6 Å². The highest BCUT2D eigenvalue weighted by atomic mass is 16.3. The monoisotopic (exact) mass is 436 g/mol. The Balaban J connectivity index is 1.32. The molecule has 174 valence electrons. The molecule has 0 bridgehead atoms. The number of hydrogen-bond donors (Lipinski definition) is 2. The van der Waals surface area contributed by atoms with Gasteiger partial charge < -0.3 is 15.3 Å². The first-order valence-electron chi connectivity index (χ1n) is 12.7. The van der Waals surface area contributed by atoms with Gasteiger partial charge in [-0.15, -0.1) is 0 Å². The second-order valence-electron chi connectivity index (χ2n) is 11.7. The normalized spacial score (nSPS) is 40.5. The van der Waals surface area contributed by atoms with E-state index in [2.05, 4.69) is 30.1 Å². The molecule has 5 rings (SSSR count). The molecule has 2 N–H and O–H groups in total. The predicted octanol–water partition coefficient (Wildman–Crippen LogP) is 5.17. The Hall–Kier alpha value is -1.81. The zero-order valence-electron chi connectivity index (χ0n) is 20.2. The lowest BCUT2D eigenvalue weighted by Crippen LogP contribution is -2.53. The van der Waals surface area contributed by atoms with Crippen molar-refractivity contribution in [1.82, 2.24) is 5.32 Å². The van der Waals surface area contributed by atoms with Crippen molar-refractivity contribution in [2.75, 3.05) is 19.0 Å². The molecule has 3 saturated carbocycles. The first-order chi connectivity index (χ1) is 15.2. The Morgan fingerprint density at radius 3 is 2.50 bits per heavy atom. The van der Waals surface area contributed by atoms with Gasteiger partial charge in [-0.1, -0.05) is 25.5 Å². The number of aliphatic hydroxyl groups excluding tert-OH is 1. The van der Waals surface area contributed by atoms with Gasteiger partial charge in [-0.05, 0) is 104 Å². The quantitative estimate of drug-likeness (QED) is 0.643. The zero-order chi connectivity index (χ0) is 22.7. The van der Waals surface area contributed by atoms with Crippen LogP contribution in [0.25, 0.3) is 0 Å². The fourth-order valence-corrected chi connectivity index (χ4v) is 8.03. The molecule has 0 spiro atoms. The van der Waals surface area contributed by atoms with Gasteiger partial charge in [0.15, 0.2) is 0 Å². The maximum Gasteiger partial charge on any atom is 0.251 e. The minimum absolute atomic E-state index is 0.0726. The molecule has 4 heteroatoms. The number of nitrogens with one attached hydrogen (secondary N) is 1. The van der Waals surface area contributed by atoms with E-state index in [-0.39, 0.29) is 28.9 Å². The van der Waals surface area contributed by atoms with Crippen LogP contribution in [-0.2, 0) is 0 Å². The topological polar surface area (TPSA) is 52.6 Å². The van der Waals surface area contributed by atoms with Gasteiger partial charge in [-0.25, -0.2) is 0 Å². The summed E-state index contributed by atoms with van der Waals surface area (Å²) in [5.41, 5.74) is 3.87. The average Bonchev–Trinajstić information content (AvgIpc) is 3.10. The molecule has 1 amide bonds. The van der Waals surface area contributed by atoms with Crippen LogP contribution < -0.4 is 10.2 Å². The number of rotatable bonds is 3. The first kappa shape index (κ1) is 22.0. The van der Waals surface area contributed by atoms with Crippen molar-refractivity contribution in [3.63, 3.8) is 0 Å². The van der Waals surface area contributed by atoms with Gasteiger partial charge in [0.25, 0.3) is 5.91 Å². The summed E-state index contributed by atoms with van der Waals surface area (Å²) in [4.78, 5) is 15.1. The van der Waals surface area contributed by atoms with Crippen LogP contribution in [-0.4, -0.2) is 37.3 Å². The molecule has 32 heavy (non-hydrogen) atoms. The molecule has 6 unspecified atom stereocenters. The maximum atomic E-state index is 13.1. The van der Waals surface area contributed by atoms with Gasteiger partial charge in [0.05, 0.1) is 6.10 Å². The molecule has 4 aliphatic rings. The number of hydrogen-bond acceptors (Lipinski definition) is 3. The highest BCUT2D eigenvalue weighted by Gasteiger charge is 2.58. The molecule has 4 nitrogen and oxygen atoms in total. The molecule has 4 aliphatic carbocycles. The van der Waals surface area contributed by atoms with Crippen LogP contribution >= 0.6 is 0 Å². The Morgan fingerprint density at radius 1 is 1.03 bits per heavy atom. The van der Waals surface area contributed by atoms with Crippen molar-refractivity contribution in [3.8, 4) is 0 Å². The largest absolute Gasteiger partial charge is 0.393 e. The molecule has 0 aliphatic heterocycles. The number of anilines is 1. The number of carbonyl (C=O) groups is 1. The Labute approximate surface area is 193 Å². The van der Waals surface area contributed by atoms with Crippen molar-refractivity contribution in [1.29, 1.82) is 0 Å². The summed E-state index contributed by atoms with van der Waals surface area (Å²) in [6.45, 7) is 4.93. The van der Waals surface area contributed by atoms with Gasteiger partial charge in [-0.2, -0.15) is 0 Å². The van der Waals surface area contributed by atoms with Crippen LogP contribution in [0.1, 0.15) is 75.6 Å². The zero-order valence-corrected chi connectivity index (χ0v) is 20.2. The van der Waals surface area contributed by atoms with Crippen molar-refractivity contribution in [2.45, 2.75) is 77.4 Å². The second-order valence-corrected chi connectivity index (χ2v) is 11.7. The molecule has 0 aromatic heterocycles. The lowest BCUT2D eigenvalue weighted by atomic mass is 9.48. The van der Waals surface area contributed by atoms with E-state index in [4.69, 9.17) is 0 Å². The first-order valence-corrected chi connectivity index (χ1v) is 12.7. The van der Waals surface area contributed by atoms with Crippen molar-refractivity contribution in [2.24, 2.45) is 28.6 Å². The minimum Gasteiger partial charge on any atom is -0.393 e. The van der Waals surface area contributed by atoms with E-state index >= 15 is 0 Å². The third-order valence-corrected chi connectivity index (χ3v) is 10.0. The lowest BCUT2D eigenvalue weighted by Gasteiger charge is -2.58. The van der Waals surface area contributed by atoms with E-state index in [0.717, 1.165) is 55.2 Å². The third-order valence-electron chi connectivity index (χ3n) is 10.0. The molecule has 1 aromatic rings. The Kier molecular flexibility index (Phi) is 5.43. The maximum absolute atomic E-state index is 13.1. The fraction of sp³-hybridized carbons (Fsp3) is 0.679. The van der Waals surface area contributed by atoms with Crippen LogP contribution in [0.3, 0.4) is 0 Å². The van der Waals surface area contributed by atoms with Gasteiger partial charge in [0.1, 0.15) is 0 Å². The minimum atomic E-state index is -0.141. The number of benzene rings is 1. The van der Waals surface area contributed by atoms with E-state index in [9.17, 15) is 9.90 Å². The molecular formula is C28H40N2O2. The Bertz CT molecular complexity index is 907. The predicted molar refractivity (Wildman–Crippen MR) is 130 cm³/mol. The molecular weight excluding hydrogens is 396 g/mol. The van der Waals surface area contributed by atoms with Crippen LogP contribution in [0.15, 0.2) is 35.9 Å². The molecule has 0 radical (unpaired) electrons. The van der Waals surface area contributed by atoms with Crippen LogP contribution in [0, 0.1) is 28.6 Å². The molecule has 0 saturated heterocycles. The smallest absolute Gasteiger partial charge is 0.251 e. The number of amides is 1. The Morgan fingerprint density at radius 2 is 1.78 bits per heavy atom. The summed E-state index contributed by atoms with van der Waals surface area (Å²) in [5.74, 6) is 2.22. The summed E-state index contributed by atoms with van der Waals surface area (Å²) in [6.07, 6.45) is 11.3. The van der Waals surface area contributed by atoms with E-state index in [1.807, 2.05) is 38.4 Å². The summed E-state index contributed by atoms with van der Waals surface area (Å²) >= 11 is 0. The number of fused-ring (bicyclic) bond motifs is 5. The van der Waals surface area contributed by atoms with Crippen molar-refractivity contribution in [3.05, 3.63) is 41.5 Å². The van der Waals surface area contributed by atoms with Crippen LogP contribution in [0.2, 0.25) is 0 Å². The number of aliphatic hydroxyl groups is 1. The average molecular weight is 437 g/mol. The van der Waals surface area contributed by atoms with E-state index in [0.29, 0.717) is 5.92 Å².